The van der Waals surface area contributed by atoms with Crippen LogP contribution in [0.3, 0.4) is 0 Å². The summed E-state index contributed by atoms with van der Waals surface area (Å²) in [5.74, 6) is 0.631. The molecular formula is C23H20N2O3. The zero-order valence-electron chi connectivity index (χ0n) is 15.7. The van der Waals surface area contributed by atoms with E-state index in [0.717, 1.165) is 27.5 Å². The number of rotatable bonds is 5. The Bertz CT molecular complexity index is 1160. The summed E-state index contributed by atoms with van der Waals surface area (Å²) in [6.07, 6.45) is 1.70. The van der Waals surface area contributed by atoms with Gasteiger partial charge in [0.05, 0.1) is 12.3 Å². The third-order valence-electron chi connectivity index (χ3n) is 4.28. The molecule has 3 aromatic carbocycles. The molecule has 1 amide bonds. The molecule has 5 heteroatoms. The molecular weight excluding hydrogens is 352 g/mol. The van der Waals surface area contributed by atoms with Gasteiger partial charge in [-0.1, -0.05) is 30.3 Å². The van der Waals surface area contributed by atoms with Crippen molar-refractivity contribution in [2.24, 2.45) is 5.10 Å². The summed E-state index contributed by atoms with van der Waals surface area (Å²) in [6, 6.07) is 21.1. The topological polar surface area (TPSA) is 63.8 Å². The number of ether oxygens (including phenoxy) is 1. The van der Waals surface area contributed by atoms with Gasteiger partial charge in [-0.3, -0.25) is 4.79 Å². The number of furan rings is 1. The zero-order chi connectivity index (χ0) is 19.5. The number of amides is 1. The van der Waals surface area contributed by atoms with Gasteiger partial charge in [0.1, 0.15) is 11.3 Å². The monoisotopic (exact) mass is 372 g/mol. The Morgan fingerprint density at radius 2 is 1.82 bits per heavy atom. The number of nitrogens with one attached hydrogen (secondary N) is 1. The fourth-order valence-corrected chi connectivity index (χ4v) is 3.03. The van der Waals surface area contributed by atoms with E-state index in [0.29, 0.717) is 5.58 Å². The average molecular weight is 372 g/mol. The lowest BCUT2D eigenvalue weighted by Crippen LogP contribution is -2.16. The summed E-state index contributed by atoms with van der Waals surface area (Å²) in [4.78, 5) is 12.4. The van der Waals surface area contributed by atoms with Gasteiger partial charge in [0.2, 0.25) is 0 Å². The quantitative estimate of drug-likeness (QED) is 0.390. The van der Waals surface area contributed by atoms with Crippen LogP contribution in [-0.4, -0.2) is 18.2 Å². The molecule has 0 saturated heterocycles. The third-order valence-corrected chi connectivity index (χ3v) is 4.28. The van der Waals surface area contributed by atoms with Crippen molar-refractivity contribution in [2.45, 2.75) is 20.0 Å². The van der Waals surface area contributed by atoms with Gasteiger partial charge in [-0.05, 0) is 66.6 Å². The van der Waals surface area contributed by atoms with Gasteiger partial charge < -0.3 is 9.15 Å². The van der Waals surface area contributed by atoms with E-state index in [2.05, 4.69) is 10.5 Å². The van der Waals surface area contributed by atoms with E-state index < -0.39 is 5.91 Å². The molecule has 0 aliphatic carbocycles. The summed E-state index contributed by atoms with van der Waals surface area (Å²) in [5, 5.41) is 7.08. The molecule has 0 radical (unpaired) electrons. The molecule has 1 heterocycles. The predicted octanol–water partition coefficient (Wildman–Crippen LogP) is 5.14. The first-order chi connectivity index (χ1) is 13.6. The molecule has 0 bridgehead atoms. The van der Waals surface area contributed by atoms with E-state index in [1.807, 2.05) is 74.5 Å². The lowest BCUT2D eigenvalue weighted by atomic mass is 10.1. The third kappa shape index (κ3) is 3.74. The van der Waals surface area contributed by atoms with Gasteiger partial charge in [0.25, 0.3) is 0 Å². The smallest absolute Gasteiger partial charge is 0.307 e. The van der Waals surface area contributed by atoms with Crippen molar-refractivity contribution in [2.75, 3.05) is 0 Å². The van der Waals surface area contributed by atoms with E-state index in [1.54, 1.807) is 12.3 Å². The molecule has 1 N–H and O–H groups in total. The Balaban J connectivity index is 1.47. The Kier molecular flexibility index (Phi) is 4.81. The highest BCUT2D eigenvalue weighted by molar-refractivity contribution is 6.08. The van der Waals surface area contributed by atoms with Crippen LogP contribution in [0.5, 0.6) is 5.75 Å². The second-order valence-corrected chi connectivity index (χ2v) is 6.74. The number of nitrogens with zero attached hydrogens (tertiary/aromatic N) is 1. The number of hydrogen-bond donors (Lipinski definition) is 1. The minimum atomic E-state index is -0.392. The fraction of sp³-hybridized carbons (Fsp3) is 0.130. The molecule has 0 unspecified atom stereocenters. The van der Waals surface area contributed by atoms with Crippen molar-refractivity contribution in [3.05, 3.63) is 78.1 Å². The van der Waals surface area contributed by atoms with Crippen LogP contribution in [0.1, 0.15) is 30.0 Å². The maximum Gasteiger partial charge on any atom is 0.307 e. The molecule has 140 valence electrons. The Labute approximate surface area is 162 Å². The van der Waals surface area contributed by atoms with Crippen LogP contribution in [0.2, 0.25) is 0 Å². The Morgan fingerprint density at radius 1 is 1.04 bits per heavy atom. The van der Waals surface area contributed by atoms with Crippen LogP contribution in [0, 0.1) is 0 Å². The highest BCUT2D eigenvalue weighted by atomic mass is 16.5. The van der Waals surface area contributed by atoms with Crippen LogP contribution in [0.15, 0.2) is 76.2 Å². The summed E-state index contributed by atoms with van der Waals surface area (Å²) in [6.45, 7) is 3.96. The van der Waals surface area contributed by atoms with Gasteiger partial charge in [0.15, 0.2) is 5.76 Å². The van der Waals surface area contributed by atoms with Gasteiger partial charge in [-0.15, -0.1) is 0 Å². The minimum Gasteiger partial charge on any atom is -0.491 e. The summed E-state index contributed by atoms with van der Waals surface area (Å²) in [7, 11) is 0. The first-order valence-corrected chi connectivity index (χ1v) is 9.11. The number of benzene rings is 3. The van der Waals surface area contributed by atoms with Gasteiger partial charge >= 0.3 is 5.91 Å². The largest absolute Gasteiger partial charge is 0.491 e. The van der Waals surface area contributed by atoms with Crippen molar-refractivity contribution in [1.29, 1.82) is 0 Å². The SMILES string of the molecule is CC(C)Oc1ccc(C=NNC(=O)c2cc3c(ccc4ccccc43)o2)cc1. The molecule has 4 aromatic rings. The van der Waals surface area contributed by atoms with Crippen LogP contribution < -0.4 is 10.2 Å². The molecule has 0 fully saturated rings. The molecule has 0 aliphatic heterocycles. The van der Waals surface area contributed by atoms with Crippen LogP contribution in [-0.2, 0) is 0 Å². The number of carbonyl (C=O) groups is 1. The van der Waals surface area contributed by atoms with Crippen molar-refractivity contribution < 1.29 is 13.9 Å². The van der Waals surface area contributed by atoms with E-state index in [9.17, 15) is 4.79 Å². The summed E-state index contributed by atoms with van der Waals surface area (Å²) < 4.78 is 11.3. The van der Waals surface area contributed by atoms with Gasteiger partial charge in [-0.2, -0.15) is 5.10 Å². The standard InChI is InChI=1S/C23H20N2O3/c1-15(2)27-18-10-7-16(8-11-18)14-24-25-23(26)22-13-20-19-6-4-3-5-17(19)9-12-21(20)28-22/h3-15H,1-2H3,(H,25,26). The van der Waals surface area contributed by atoms with E-state index in [4.69, 9.17) is 9.15 Å². The number of hydrogen-bond acceptors (Lipinski definition) is 4. The van der Waals surface area contributed by atoms with Crippen molar-refractivity contribution >= 4 is 33.9 Å². The molecule has 0 aliphatic rings. The van der Waals surface area contributed by atoms with Crippen molar-refractivity contribution in [3.8, 4) is 5.75 Å². The van der Waals surface area contributed by atoms with Crippen LogP contribution in [0.4, 0.5) is 0 Å². The Morgan fingerprint density at radius 3 is 2.61 bits per heavy atom. The Hall–Kier alpha value is -3.60. The molecule has 0 saturated carbocycles. The van der Waals surface area contributed by atoms with Crippen molar-refractivity contribution in [1.82, 2.24) is 5.43 Å². The minimum absolute atomic E-state index is 0.125. The first-order valence-electron chi connectivity index (χ1n) is 9.11. The zero-order valence-corrected chi connectivity index (χ0v) is 15.7. The lowest BCUT2D eigenvalue weighted by molar-refractivity contribution is 0.0929. The maximum absolute atomic E-state index is 12.4. The summed E-state index contributed by atoms with van der Waals surface area (Å²) in [5.41, 5.74) is 4.04. The lowest BCUT2D eigenvalue weighted by Gasteiger charge is -2.08. The molecule has 0 atom stereocenters. The summed E-state index contributed by atoms with van der Waals surface area (Å²) >= 11 is 0. The van der Waals surface area contributed by atoms with Crippen molar-refractivity contribution in [3.63, 3.8) is 0 Å². The number of hydrazone groups is 1. The predicted molar refractivity (Wildman–Crippen MR) is 111 cm³/mol. The van der Waals surface area contributed by atoms with Gasteiger partial charge in [-0.25, -0.2) is 5.43 Å². The molecule has 4 rings (SSSR count). The fourth-order valence-electron chi connectivity index (χ4n) is 3.03. The molecule has 5 nitrogen and oxygen atoms in total. The maximum atomic E-state index is 12.4. The second kappa shape index (κ2) is 7.56. The van der Waals surface area contributed by atoms with Gasteiger partial charge in [0, 0.05) is 5.39 Å². The van der Waals surface area contributed by atoms with E-state index in [1.165, 1.54) is 0 Å². The molecule has 0 spiro atoms. The second-order valence-electron chi connectivity index (χ2n) is 6.74. The molecule has 28 heavy (non-hydrogen) atoms. The van der Waals surface area contributed by atoms with E-state index in [-0.39, 0.29) is 11.9 Å². The van der Waals surface area contributed by atoms with E-state index >= 15 is 0 Å². The van der Waals surface area contributed by atoms with Crippen LogP contribution >= 0.6 is 0 Å². The highest BCUT2D eigenvalue weighted by Gasteiger charge is 2.13. The number of carbonyl (C=O) groups excluding carboxylic acids is 1. The highest BCUT2D eigenvalue weighted by Crippen LogP contribution is 2.28. The average Bonchev–Trinajstić information content (AvgIpc) is 3.14. The molecule has 1 aromatic heterocycles. The number of fused-ring (bicyclic) bond motifs is 3. The first kappa shape index (κ1) is 17.8. The van der Waals surface area contributed by atoms with Crippen LogP contribution in [0.25, 0.3) is 21.7 Å². The normalized spacial score (nSPS) is 11.5.